The third kappa shape index (κ3) is 4.06. The van der Waals surface area contributed by atoms with E-state index in [2.05, 4.69) is 48.6 Å². The monoisotopic (exact) mass is 306 g/mol. The van der Waals surface area contributed by atoms with Gasteiger partial charge in [0.05, 0.1) is 23.0 Å². The van der Waals surface area contributed by atoms with E-state index in [4.69, 9.17) is 17.4 Å². The molecule has 21 heavy (non-hydrogen) atoms. The lowest BCUT2D eigenvalue weighted by Gasteiger charge is -2.18. The largest absolute Gasteiger partial charge is 0.271 e. The van der Waals surface area contributed by atoms with Crippen molar-refractivity contribution in [2.45, 2.75) is 45.7 Å². The van der Waals surface area contributed by atoms with Gasteiger partial charge in [-0.05, 0) is 31.7 Å². The van der Waals surface area contributed by atoms with E-state index < -0.39 is 0 Å². The van der Waals surface area contributed by atoms with Crippen LogP contribution in [0.2, 0.25) is 5.02 Å². The molecular weight excluding hydrogens is 284 g/mol. The number of hydrogen-bond acceptors (Lipinski definition) is 3. The van der Waals surface area contributed by atoms with Gasteiger partial charge in [-0.1, -0.05) is 48.4 Å². The van der Waals surface area contributed by atoms with E-state index in [1.54, 1.807) is 6.20 Å². The van der Waals surface area contributed by atoms with Crippen molar-refractivity contribution in [1.29, 1.82) is 0 Å². The first-order valence-electron chi connectivity index (χ1n) is 7.38. The van der Waals surface area contributed by atoms with Gasteiger partial charge in [-0.2, -0.15) is 5.10 Å². The van der Waals surface area contributed by atoms with Gasteiger partial charge in [-0.25, -0.2) is 0 Å². The fraction of sp³-hybridized carbons (Fsp3) is 0.438. The standard InChI is InChI=1S/C16H23ClN4/c1-3-9-21-16(14(17)11-19-21)15(20-18)8-7-13-6-4-5-12(2)10-13/h4-6,10-11,15,20H,3,7-9,18H2,1-2H3. The summed E-state index contributed by atoms with van der Waals surface area (Å²) < 4.78 is 1.95. The molecule has 0 radical (unpaired) electrons. The molecule has 2 aromatic rings. The topological polar surface area (TPSA) is 55.9 Å². The third-order valence-electron chi connectivity index (χ3n) is 3.60. The number of nitrogens with two attached hydrogens (primary N) is 1. The Balaban J connectivity index is 2.11. The van der Waals surface area contributed by atoms with Crippen LogP contribution in [0.4, 0.5) is 0 Å². The molecule has 0 fully saturated rings. The zero-order valence-electron chi connectivity index (χ0n) is 12.6. The number of rotatable bonds is 7. The van der Waals surface area contributed by atoms with Crippen molar-refractivity contribution >= 4 is 11.6 Å². The molecule has 1 heterocycles. The van der Waals surface area contributed by atoms with Crippen LogP contribution in [0.3, 0.4) is 0 Å². The van der Waals surface area contributed by atoms with E-state index in [9.17, 15) is 0 Å². The highest BCUT2D eigenvalue weighted by atomic mass is 35.5. The summed E-state index contributed by atoms with van der Waals surface area (Å²) in [4.78, 5) is 0. The molecule has 5 heteroatoms. The average molecular weight is 307 g/mol. The summed E-state index contributed by atoms with van der Waals surface area (Å²) in [5, 5.41) is 5.01. The van der Waals surface area contributed by atoms with Gasteiger partial charge in [0, 0.05) is 6.54 Å². The number of halogens is 1. The Labute approximate surface area is 131 Å². The van der Waals surface area contributed by atoms with Gasteiger partial charge in [0.15, 0.2) is 0 Å². The normalized spacial score (nSPS) is 12.6. The molecule has 1 aromatic carbocycles. The Kier molecular flexibility index (Phi) is 5.79. The third-order valence-corrected chi connectivity index (χ3v) is 3.90. The van der Waals surface area contributed by atoms with Crippen LogP contribution in [0.1, 0.15) is 42.6 Å². The Morgan fingerprint density at radius 2 is 2.24 bits per heavy atom. The van der Waals surface area contributed by atoms with Crippen molar-refractivity contribution in [3.63, 3.8) is 0 Å². The summed E-state index contributed by atoms with van der Waals surface area (Å²) >= 11 is 6.28. The smallest absolute Gasteiger partial charge is 0.0834 e. The first-order chi connectivity index (χ1) is 10.2. The quantitative estimate of drug-likeness (QED) is 0.609. The Morgan fingerprint density at radius 3 is 2.90 bits per heavy atom. The lowest BCUT2D eigenvalue weighted by molar-refractivity contribution is 0.458. The fourth-order valence-corrected chi connectivity index (χ4v) is 2.86. The van der Waals surface area contributed by atoms with E-state index in [0.717, 1.165) is 31.5 Å². The molecule has 0 amide bonds. The van der Waals surface area contributed by atoms with Crippen LogP contribution in [-0.4, -0.2) is 9.78 Å². The summed E-state index contributed by atoms with van der Waals surface area (Å²) in [7, 11) is 0. The van der Waals surface area contributed by atoms with Crippen molar-refractivity contribution in [1.82, 2.24) is 15.2 Å². The highest BCUT2D eigenvalue weighted by Gasteiger charge is 2.19. The van der Waals surface area contributed by atoms with Gasteiger partial charge in [0.25, 0.3) is 0 Å². The molecule has 3 N–H and O–H groups in total. The van der Waals surface area contributed by atoms with E-state index in [1.165, 1.54) is 11.1 Å². The summed E-state index contributed by atoms with van der Waals surface area (Å²) in [6, 6.07) is 8.55. The molecule has 0 spiro atoms. The van der Waals surface area contributed by atoms with E-state index in [0.29, 0.717) is 5.02 Å². The minimum absolute atomic E-state index is 0.00654. The van der Waals surface area contributed by atoms with Crippen molar-refractivity contribution in [2.24, 2.45) is 5.84 Å². The predicted octanol–water partition coefficient (Wildman–Crippen LogP) is 3.39. The number of aryl methyl sites for hydroxylation is 3. The van der Waals surface area contributed by atoms with Gasteiger partial charge in [0.2, 0.25) is 0 Å². The Bertz CT molecular complexity index is 579. The van der Waals surface area contributed by atoms with Crippen LogP contribution >= 0.6 is 11.6 Å². The summed E-state index contributed by atoms with van der Waals surface area (Å²) in [5.41, 5.74) is 6.45. The van der Waals surface area contributed by atoms with Crippen molar-refractivity contribution in [2.75, 3.05) is 0 Å². The van der Waals surface area contributed by atoms with Crippen LogP contribution in [0.25, 0.3) is 0 Å². The number of aromatic nitrogens is 2. The molecule has 0 aliphatic rings. The molecule has 0 aliphatic heterocycles. The van der Waals surface area contributed by atoms with Gasteiger partial charge < -0.3 is 0 Å². The van der Waals surface area contributed by atoms with Crippen LogP contribution in [-0.2, 0) is 13.0 Å². The summed E-state index contributed by atoms with van der Waals surface area (Å²) in [6.07, 6.45) is 4.54. The van der Waals surface area contributed by atoms with Gasteiger partial charge in [-0.3, -0.25) is 16.0 Å². The molecule has 0 saturated carbocycles. The Hall–Kier alpha value is -1.36. The van der Waals surface area contributed by atoms with Crippen LogP contribution in [0.5, 0.6) is 0 Å². The number of hydrogen-bond donors (Lipinski definition) is 2. The maximum atomic E-state index is 6.28. The molecule has 1 unspecified atom stereocenters. The highest BCUT2D eigenvalue weighted by Crippen LogP contribution is 2.26. The zero-order chi connectivity index (χ0) is 15.2. The molecular formula is C16H23ClN4. The lowest BCUT2D eigenvalue weighted by Crippen LogP contribution is -2.30. The molecule has 4 nitrogen and oxygen atoms in total. The second-order valence-electron chi connectivity index (χ2n) is 5.35. The molecule has 0 aliphatic carbocycles. The van der Waals surface area contributed by atoms with E-state index >= 15 is 0 Å². The van der Waals surface area contributed by atoms with E-state index in [1.807, 2.05) is 4.68 Å². The minimum atomic E-state index is 0.00654. The molecule has 2 rings (SSSR count). The summed E-state index contributed by atoms with van der Waals surface area (Å²) in [5.74, 6) is 5.74. The fourth-order valence-electron chi connectivity index (χ4n) is 2.59. The van der Waals surface area contributed by atoms with Crippen LogP contribution < -0.4 is 11.3 Å². The second kappa shape index (κ2) is 7.59. The maximum absolute atomic E-state index is 6.28. The predicted molar refractivity (Wildman–Crippen MR) is 87.1 cm³/mol. The maximum Gasteiger partial charge on any atom is 0.0834 e. The van der Waals surface area contributed by atoms with Gasteiger partial charge in [0.1, 0.15) is 0 Å². The Morgan fingerprint density at radius 1 is 1.43 bits per heavy atom. The molecule has 114 valence electrons. The number of hydrazine groups is 1. The van der Waals surface area contributed by atoms with Crippen molar-refractivity contribution in [3.05, 3.63) is 52.3 Å². The number of benzene rings is 1. The first-order valence-corrected chi connectivity index (χ1v) is 7.76. The SMILES string of the molecule is CCCn1ncc(Cl)c1C(CCc1cccc(C)c1)NN. The molecule has 0 bridgehead atoms. The highest BCUT2D eigenvalue weighted by molar-refractivity contribution is 6.31. The minimum Gasteiger partial charge on any atom is -0.271 e. The van der Waals surface area contributed by atoms with E-state index in [-0.39, 0.29) is 6.04 Å². The van der Waals surface area contributed by atoms with Crippen LogP contribution in [0, 0.1) is 6.92 Å². The number of nitrogens with zero attached hydrogens (tertiary/aromatic N) is 2. The van der Waals surface area contributed by atoms with Crippen LogP contribution in [0.15, 0.2) is 30.5 Å². The summed E-state index contributed by atoms with van der Waals surface area (Å²) in [6.45, 7) is 5.08. The van der Waals surface area contributed by atoms with Crippen molar-refractivity contribution < 1.29 is 0 Å². The zero-order valence-corrected chi connectivity index (χ0v) is 13.4. The number of nitrogens with one attached hydrogen (secondary N) is 1. The second-order valence-corrected chi connectivity index (χ2v) is 5.76. The van der Waals surface area contributed by atoms with Crippen molar-refractivity contribution in [3.8, 4) is 0 Å². The first kappa shape index (κ1) is 16.0. The molecule has 1 aromatic heterocycles. The van der Waals surface area contributed by atoms with Gasteiger partial charge in [-0.15, -0.1) is 0 Å². The molecule has 1 atom stereocenters. The van der Waals surface area contributed by atoms with Gasteiger partial charge >= 0.3 is 0 Å². The lowest BCUT2D eigenvalue weighted by atomic mass is 10.0. The average Bonchev–Trinajstić information content (AvgIpc) is 2.82. The molecule has 0 saturated heterocycles.